The minimum Gasteiger partial charge on any atom is -0.360 e. The molecule has 1 aromatic heterocycles. The number of rotatable bonds is 5. The molecule has 1 aromatic carbocycles. The minimum absolute atomic E-state index is 0.000961. The summed E-state index contributed by atoms with van der Waals surface area (Å²) in [6.45, 7) is 6.24. The smallest absolute Gasteiger partial charge is 0.259 e. The maximum atomic E-state index is 12.3. The molecule has 0 saturated heterocycles. The highest BCUT2D eigenvalue weighted by atomic mass is 32.2. The summed E-state index contributed by atoms with van der Waals surface area (Å²) in [6.07, 6.45) is 0. The molecule has 0 saturated carbocycles. The van der Waals surface area contributed by atoms with Gasteiger partial charge in [0.2, 0.25) is 0 Å². The summed E-state index contributed by atoms with van der Waals surface area (Å²) in [5, 5.41) is 3.54. The number of hydrazine groups is 1. The van der Waals surface area contributed by atoms with Crippen molar-refractivity contribution in [3.05, 3.63) is 40.8 Å². The van der Waals surface area contributed by atoms with Gasteiger partial charge in [0.1, 0.15) is 10.6 Å². The highest BCUT2D eigenvalue weighted by Crippen LogP contribution is 2.19. The van der Waals surface area contributed by atoms with Gasteiger partial charge >= 0.3 is 0 Å². The van der Waals surface area contributed by atoms with Crippen LogP contribution < -0.4 is 9.66 Å². The van der Waals surface area contributed by atoms with E-state index in [0.29, 0.717) is 5.56 Å². The molecule has 2 rings (SSSR count). The predicted molar refractivity (Wildman–Crippen MR) is 82.5 cm³/mol. The molecule has 0 amide bonds. The topological polar surface area (TPSA) is 118 Å². The van der Waals surface area contributed by atoms with Gasteiger partial charge in [0.05, 0.1) is 4.90 Å². The molecule has 0 spiro atoms. The number of nitrogens with one attached hydrogen (secondary N) is 2. The van der Waals surface area contributed by atoms with Crippen molar-refractivity contribution >= 4 is 20.0 Å². The van der Waals surface area contributed by atoms with Gasteiger partial charge < -0.3 is 4.52 Å². The Labute approximate surface area is 135 Å². The largest absolute Gasteiger partial charge is 0.360 e. The molecule has 126 valence electrons. The molecular weight excluding hydrogens is 342 g/mol. The quantitative estimate of drug-likeness (QED) is 0.771. The minimum atomic E-state index is -4.14. The van der Waals surface area contributed by atoms with Crippen LogP contribution in [0.25, 0.3) is 0 Å². The van der Waals surface area contributed by atoms with Crippen molar-refractivity contribution in [2.45, 2.75) is 37.5 Å². The fourth-order valence-corrected chi connectivity index (χ4v) is 4.84. The van der Waals surface area contributed by atoms with E-state index in [0.717, 1.165) is 5.56 Å². The summed E-state index contributed by atoms with van der Waals surface area (Å²) in [6, 6.07) is 4.87. The number of hydrogen-bond donors (Lipinski definition) is 2. The van der Waals surface area contributed by atoms with Gasteiger partial charge in [0.25, 0.3) is 20.0 Å². The summed E-state index contributed by atoms with van der Waals surface area (Å²) in [5.41, 5.74) is 1.38. The van der Waals surface area contributed by atoms with Crippen molar-refractivity contribution in [1.29, 1.82) is 0 Å². The van der Waals surface area contributed by atoms with E-state index in [-0.39, 0.29) is 21.2 Å². The Bertz CT molecular complexity index is 926. The second kappa shape index (κ2) is 6.04. The summed E-state index contributed by atoms with van der Waals surface area (Å²) >= 11 is 0. The Kier molecular flexibility index (Phi) is 4.62. The molecule has 0 radical (unpaired) electrons. The number of aryl methyl sites for hydroxylation is 4. The Morgan fingerprint density at radius 3 is 2.13 bits per heavy atom. The first kappa shape index (κ1) is 17.6. The maximum absolute atomic E-state index is 12.3. The van der Waals surface area contributed by atoms with E-state index in [1.54, 1.807) is 26.0 Å². The second-order valence-corrected chi connectivity index (χ2v) is 8.40. The Balaban J connectivity index is 2.31. The van der Waals surface area contributed by atoms with E-state index >= 15 is 0 Å². The van der Waals surface area contributed by atoms with Gasteiger partial charge in [-0.1, -0.05) is 17.3 Å². The van der Waals surface area contributed by atoms with Crippen molar-refractivity contribution in [3.63, 3.8) is 0 Å². The molecule has 8 nitrogen and oxygen atoms in total. The van der Waals surface area contributed by atoms with Crippen molar-refractivity contribution in [3.8, 4) is 0 Å². The van der Waals surface area contributed by atoms with Gasteiger partial charge in [-0.25, -0.2) is 16.8 Å². The highest BCUT2D eigenvalue weighted by molar-refractivity contribution is 7.92. The number of hydrogen-bond acceptors (Lipinski definition) is 6. The van der Waals surface area contributed by atoms with E-state index < -0.39 is 20.0 Å². The Morgan fingerprint density at radius 1 is 0.957 bits per heavy atom. The van der Waals surface area contributed by atoms with Crippen LogP contribution in [0.4, 0.5) is 0 Å². The first-order valence-electron chi connectivity index (χ1n) is 6.58. The van der Waals surface area contributed by atoms with Gasteiger partial charge in [-0.05, 0) is 44.9 Å². The fourth-order valence-electron chi connectivity index (χ4n) is 2.07. The number of benzene rings is 1. The molecule has 2 N–H and O–H groups in total. The van der Waals surface area contributed by atoms with Gasteiger partial charge in [-0.15, -0.1) is 9.66 Å². The van der Waals surface area contributed by atoms with Gasteiger partial charge in [0.15, 0.2) is 5.76 Å². The fraction of sp³-hybridized carbons (Fsp3) is 0.308. The van der Waals surface area contributed by atoms with Crippen molar-refractivity contribution in [1.82, 2.24) is 14.8 Å². The first-order chi connectivity index (χ1) is 10.5. The van der Waals surface area contributed by atoms with Crippen molar-refractivity contribution < 1.29 is 21.4 Å². The van der Waals surface area contributed by atoms with Gasteiger partial charge in [-0.3, -0.25) is 0 Å². The lowest BCUT2D eigenvalue weighted by molar-refractivity contribution is 0.390. The highest BCUT2D eigenvalue weighted by Gasteiger charge is 2.26. The van der Waals surface area contributed by atoms with E-state index in [1.807, 2.05) is 9.66 Å². The molecule has 0 aliphatic heterocycles. The monoisotopic (exact) mass is 359 g/mol. The van der Waals surface area contributed by atoms with Crippen LogP contribution in [0, 0.1) is 27.7 Å². The van der Waals surface area contributed by atoms with E-state index in [2.05, 4.69) is 5.16 Å². The molecule has 0 atom stereocenters. The average molecular weight is 359 g/mol. The number of sulfonamides is 2. The zero-order valence-corrected chi connectivity index (χ0v) is 14.7. The summed E-state index contributed by atoms with van der Waals surface area (Å²) < 4.78 is 53.9. The second-order valence-electron chi connectivity index (χ2n) is 5.13. The third kappa shape index (κ3) is 3.61. The first-order valence-corrected chi connectivity index (χ1v) is 9.55. The summed E-state index contributed by atoms with van der Waals surface area (Å²) in [5.74, 6) is 0.0703. The lowest BCUT2D eigenvalue weighted by Gasteiger charge is -2.11. The number of nitrogens with zero attached hydrogens (tertiary/aromatic N) is 1. The SMILES string of the molecule is Cc1ccc(C)c(S(=O)(=O)NNS(=O)(=O)c2c(C)noc2C)c1. The van der Waals surface area contributed by atoms with Crippen LogP contribution in [0.15, 0.2) is 32.5 Å². The van der Waals surface area contributed by atoms with Crippen LogP contribution in [-0.2, 0) is 20.0 Å². The Morgan fingerprint density at radius 2 is 1.57 bits per heavy atom. The van der Waals surface area contributed by atoms with Gasteiger partial charge in [0, 0.05) is 0 Å². The van der Waals surface area contributed by atoms with Crippen LogP contribution in [0.2, 0.25) is 0 Å². The predicted octanol–water partition coefficient (Wildman–Crippen LogP) is 1.08. The van der Waals surface area contributed by atoms with Crippen LogP contribution in [-0.4, -0.2) is 22.0 Å². The van der Waals surface area contributed by atoms with Crippen molar-refractivity contribution in [2.24, 2.45) is 0 Å². The van der Waals surface area contributed by atoms with E-state index in [1.165, 1.54) is 19.9 Å². The Hall–Kier alpha value is -1.75. The molecule has 1 heterocycles. The lowest BCUT2D eigenvalue weighted by atomic mass is 10.2. The standard InChI is InChI=1S/C13H17N3O5S2/c1-8-5-6-9(2)12(7-8)22(17,18)15-16-23(19,20)13-10(3)14-21-11(13)4/h5-7,15-16H,1-4H3. The summed E-state index contributed by atoms with van der Waals surface area (Å²) in [4.78, 5) is 3.56. The molecule has 0 aliphatic carbocycles. The van der Waals surface area contributed by atoms with Gasteiger partial charge in [-0.2, -0.15) is 0 Å². The lowest BCUT2D eigenvalue weighted by Crippen LogP contribution is -2.42. The van der Waals surface area contributed by atoms with Crippen LogP contribution in [0.1, 0.15) is 22.6 Å². The van der Waals surface area contributed by atoms with E-state index in [4.69, 9.17) is 4.52 Å². The third-order valence-corrected chi connectivity index (χ3v) is 6.19. The normalized spacial score (nSPS) is 12.5. The third-order valence-electron chi connectivity index (χ3n) is 3.18. The molecule has 0 fully saturated rings. The molecule has 0 aliphatic rings. The average Bonchev–Trinajstić information content (AvgIpc) is 2.79. The van der Waals surface area contributed by atoms with Crippen LogP contribution >= 0.6 is 0 Å². The molecule has 0 unspecified atom stereocenters. The number of aromatic nitrogens is 1. The zero-order valence-electron chi connectivity index (χ0n) is 13.0. The molecule has 10 heteroatoms. The van der Waals surface area contributed by atoms with Crippen molar-refractivity contribution in [2.75, 3.05) is 0 Å². The van der Waals surface area contributed by atoms with Crippen LogP contribution in [0.5, 0.6) is 0 Å². The molecule has 2 aromatic rings. The van der Waals surface area contributed by atoms with Crippen LogP contribution in [0.3, 0.4) is 0 Å². The summed E-state index contributed by atoms with van der Waals surface area (Å²) in [7, 11) is -8.19. The molecule has 0 bridgehead atoms. The zero-order chi connectivity index (χ0) is 17.4. The van der Waals surface area contributed by atoms with E-state index in [9.17, 15) is 16.8 Å². The maximum Gasteiger partial charge on any atom is 0.259 e. The molecular formula is C13H17N3O5S2. The molecule has 23 heavy (non-hydrogen) atoms.